The van der Waals surface area contributed by atoms with Gasteiger partial charge in [-0.3, -0.25) is 4.79 Å². The Labute approximate surface area is 154 Å². The maximum absolute atomic E-state index is 11.3. The molecule has 0 bridgehead atoms. The predicted molar refractivity (Wildman–Crippen MR) is 105 cm³/mol. The number of nitrogen functional groups attached to an aromatic ring is 1. The third-order valence-corrected chi connectivity index (χ3v) is 4.33. The maximum Gasteiger partial charge on any atom is 0.310 e. The maximum atomic E-state index is 11.3. The summed E-state index contributed by atoms with van der Waals surface area (Å²) in [7, 11) is 0. The summed E-state index contributed by atoms with van der Waals surface area (Å²) >= 11 is 0. The van der Waals surface area contributed by atoms with E-state index >= 15 is 0 Å². The lowest BCUT2D eigenvalue weighted by molar-refractivity contribution is -0.138. The van der Waals surface area contributed by atoms with Crippen LogP contribution in [0.15, 0.2) is 42.6 Å². The van der Waals surface area contributed by atoms with E-state index in [0.717, 1.165) is 49.3 Å². The fraction of sp³-hybridized carbons (Fsp3) is 0.400. The summed E-state index contributed by atoms with van der Waals surface area (Å²) < 4.78 is 0. The van der Waals surface area contributed by atoms with Gasteiger partial charge in [-0.1, -0.05) is 31.2 Å². The van der Waals surface area contributed by atoms with Crippen LogP contribution in [0.2, 0.25) is 0 Å². The van der Waals surface area contributed by atoms with Gasteiger partial charge < -0.3 is 21.5 Å². The summed E-state index contributed by atoms with van der Waals surface area (Å²) in [5, 5.41) is 16.0. The molecule has 0 saturated heterocycles. The first-order valence-electron chi connectivity index (χ1n) is 9.08. The SMILES string of the molecule is CCC(C(=O)O)c1cccc(CCNCCCNc2cccnc2N)c1. The van der Waals surface area contributed by atoms with Gasteiger partial charge in [0, 0.05) is 12.7 Å². The van der Waals surface area contributed by atoms with Crippen LogP contribution in [-0.2, 0) is 11.2 Å². The zero-order chi connectivity index (χ0) is 18.8. The number of aromatic nitrogens is 1. The number of carbonyl (C=O) groups is 1. The second-order valence-corrected chi connectivity index (χ2v) is 6.26. The van der Waals surface area contributed by atoms with Crippen molar-refractivity contribution in [2.75, 3.05) is 30.7 Å². The molecule has 0 aliphatic rings. The van der Waals surface area contributed by atoms with Crippen LogP contribution in [0.3, 0.4) is 0 Å². The van der Waals surface area contributed by atoms with Gasteiger partial charge in [-0.05, 0) is 55.6 Å². The van der Waals surface area contributed by atoms with Gasteiger partial charge in [0.1, 0.15) is 5.82 Å². The third kappa shape index (κ3) is 6.04. The van der Waals surface area contributed by atoms with Gasteiger partial charge in [-0.15, -0.1) is 0 Å². The number of hydrogen-bond donors (Lipinski definition) is 4. The average Bonchev–Trinajstić information content (AvgIpc) is 2.63. The molecule has 2 rings (SSSR count). The molecule has 140 valence electrons. The van der Waals surface area contributed by atoms with Gasteiger partial charge in [0.2, 0.25) is 0 Å². The number of rotatable bonds is 11. The summed E-state index contributed by atoms with van der Waals surface area (Å²) in [5.41, 5.74) is 8.70. The molecule has 0 radical (unpaired) electrons. The Kier molecular flexibility index (Phi) is 7.89. The van der Waals surface area contributed by atoms with Crippen LogP contribution in [0.25, 0.3) is 0 Å². The second kappa shape index (κ2) is 10.4. The molecule has 1 aromatic heterocycles. The molecule has 1 unspecified atom stereocenters. The van der Waals surface area contributed by atoms with Crippen molar-refractivity contribution in [3.05, 3.63) is 53.7 Å². The molecule has 1 atom stereocenters. The number of aliphatic carboxylic acids is 1. The Morgan fingerprint density at radius 3 is 2.81 bits per heavy atom. The Balaban J connectivity index is 1.67. The number of carboxylic acids is 1. The van der Waals surface area contributed by atoms with E-state index in [0.29, 0.717) is 12.2 Å². The summed E-state index contributed by atoms with van der Waals surface area (Å²) in [6, 6.07) is 11.7. The van der Waals surface area contributed by atoms with Crippen LogP contribution in [0.4, 0.5) is 11.5 Å². The van der Waals surface area contributed by atoms with Gasteiger partial charge in [0.05, 0.1) is 11.6 Å². The Morgan fingerprint density at radius 1 is 1.23 bits per heavy atom. The van der Waals surface area contributed by atoms with Gasteiger partial charge in [0.25, 0.3) is 0 Å². The van der Waals surface area contributed by atoms with E-state index in [1.807, 2.05) is 43.3 Å². The Bertz CT molecular complexity index is 706. The smallest absolute Gasteiger partial charge is 0.310 e. The standard InChI is InChI=1S/C20H28N4O2/c1-2-17(20(25)26)16-7-3-6-15(14-16)9-13-22-10-5-12-23-18-8-4-11-24-19(18)21/h3-4,6-8,11,14,17,22-23H,2,5,9-10,12-13H2,1H3,(H2,21,24)(H,25,26). The fourth-order valence-electron chi connectivity index (χ4n) is 2.88. The van der Waals surface area contributed by atoms with Crippen molar-refractivity contribution in [3.8, 4) is 0 Å². The summed E-state index contributed by atoms with van der Waals surface area (Å²) in [6.07, 6.45) is 4.14. The van der Waals surface area contributed by atoms with Crippen molar-refractivity contribution in [1.82, 2.24) is 10.3 Å². The predicted octanol–water partition coefficient (Wildman–Crippen LogP) is 2.88. The molecule has 0 saturated carbocycles. The molecule has 1 heterocycles. The Morgan fingerprint density at radius 2 is 2.08 bits per heavy atom. The van der Waals surface area contributed by atoms with Gasteiger partial charge in [-0.2, -0.15) is 0 Å². The van der Waals surface area contributed by atoms with Crippen LogP contribution < -0.4 is 16.4 Å². The third-order valence-electron chi connectivity index (χ3n) is 4.33. The number of benzene rings is 1. The highest BCUT2D eigenvalue weighted by Gasteiger charge is 2.17. The van der Waals surface area contributed by atoms with Crippen LogP contribution in [0, 0.1) is 0 Å². The minimum Gasteiger partial charge on any atom is -0.481 e. The molecule has 0 amide bonds. The lowest BCUT2D eigenvalue weighted by Crippen LogP contribution is -2.21. The first-order valence-corrected chi connectivity index (χ1v) is 9.08. The molecule has 5 N–H and O–H groups in total. The first-order chi connectivity index (χ1) is 12.6. The van der Waals surface area contributed by atoms with E-state index in [1.165, 1.54) is 0 Å². The van der Waals surface area contributed by atoms with Gasteiger partial charge >= 0.3 is 5.97 Å². The lowest BCUT2D eigenvalue weighted by Gasteiger charge is -2.12. The molecule has 0 fully saturated rings. The van der Waals surface area contributed by atoms with Crippen molar-refractivity contribution in [2.45, 2.75) is 32.1 Å². The first kappa shape index (κ1) is 19.7. The summed E-state index contributed by atoms with van der Waals surface area (Å²) in [6.45, 7) is 4.50. The quantitative estimate of drug-likeness (QED) is 0.462. The molecule has 0 aliphatic heterocycles. The van der Waals surface area contributed by atoms with Gasteiger partial charge in [-0.25, -0.2) is 4.98 Å². The fourth-order valence-corrected chi connectivity index (χ4v) is 2.88. The van der Waals surface area contributed by atoms with Crippen LogP contribution in [0.1, 0.15) is 36.8 Å². The van der Waals surface area contributed by atoms with Gasteiger partial charge in [0.15, 0.2) is 0 Å². The number of anilines is 2. The van der Waals surface area contributed by atoms with E-state index in [-0.39, 0.29) is 0 Å². The molecule has 0 spiro atoms. The molecule has 1 aromatic carbocycles. The van der Waals surface area contributed by atoms with Crippen molar-refractivity contribution in [3.63, 3.8) is 0 Å². The number of hydrogen-bond acceptors (Lipinski definition) is 5. The highest BCUT2D eigenvalue weighted by molar-refractivity contribution is 5.76. The highest BCUT2D eigenvalue weighted by atomic mass is 16.4. The molecule has 6 nitrogen and oxygen atoms in total. The monoisotopic (exact) mass is 356 g/mol. The van der Waals surface area contributed by atoms with Crippen molar-refractivity contribution >= 4 is 17.5 Å². The number of carboxylic acid groups (broad SMARTS) is 1. The zero-order valence-electron chi connectivity index (χ0n) is 15.2. The van der Waals surface area contributed by atoms with Crippen LogP contribution >= 0.6 is 0 Å². The normalized spacial score (nSPS) is 11.9. The summed E-state index contributed by atoms with van der Waals surface area (Å²) in [4.78, 5) is 15.3. The Hall–Kier alpha value is -2.60. The lowest BCUT2D eigenvalue weighted by atomic mass is 9.94. The number of nitrogens with one attached hydrogen (secondary N) is 2. The summed E-state index contributed by atoms with van der Waals surface area (Å²) in [5.74, 6) is -0.662. The molecule has 26 heavy (non-hydrogen) atoms. The van der Waals surface area contributed by atoms with Crippen LogP contribution in [0.5, 0.6) is 0 Å². The molecule has 0 aliphatic carbocycles. The van der Waals surface area contributed by atoms with Crippen molar-refractivity contribution in [2.24, 2.45) is 0 Å². The zero-order valence-corrected chi connectivity index (χ0v) is 15.2. The number of nitrogens with two attached hydrogens (primary N) is 1. The number of nitrogens with zero attached hydrogens (tertiary/aromatic N) is 1. The van der Waals surface area contributed by atoms with E-state index in [9.17, 15) is 9.90 Å². The van der Waals surface area contributed by atoms with E-state index in [4.69, 9.17) is 5.73 Å². The van der Waals surface area contributed by atoms with E-state index < -0.39 is 11.9 Å². The average molecular weight is 356 g/mol. The highest BCUT2D eigenvalue weighted by Crippen LogP contribution is 2.21. The topological polar surface area (TPSA) is 100 Å². The molecule has 2 aromatic rings. The molecule has 6 heteroatoms. The molecular weight excluding hydrogens is 328 g/mol. The van der Waals surface area contributed by atoms with E-state index in [1.54, 1.807) is 6.20 Å². The van der Waals surface area contributed by atoms with Crippen LogP contribution in [-0.4, -0.2) is 35.7 Å². The van der Waals surface area contributed by atoms with Crippen molar-refractivity contribution in [1.29, 1.82) is 0 Å². The minimum atomic E-state index is -0.760. The van der Waals surface area contributed by atoms with E-state index in [2.05, 4.69) is 15.6 Å². The minimum absolute atomic E-state index is 0.422. The second-order valence-electron chi connectivity index (χ2n) is 6.26. The largest absolute Gasteiger partial charge is 0.481 e. The van der Waals surface area contributed by atoms with Crippen molar-refractivity contribution < 1.29 is 9.90 Å². The molecular formula is C20H28N4O2. The number of pyridine rings is 1.